The van der Waals surface area contributed by atoms with Crippen LogP contribution in [-0.2, 0) is 6.42 Å². The smallest absolute Gasteiger partial charge is 0.304 e. The number of halogens is 1. The van der Waals surface area contributed by atoms with Crippen LogP contribution >= 0.6 is 0 Å². The van der Waals surface area contributed by atoms with Gasteiger partial charge in [0.2, 0.25) is 5.82 Å². The Morgan fingerprint density at radius 2 is 2.11 bits per heavy atom. The first-order valence-electron chi connectivity index (χ1n) is 8.95. The molecule has 0 aliphatic carbocycles. The Labute approximate surface area is 160 Å². The van der Waals surface area contributed by atoms with Crippen molar-refractivity contribution in [1.29, 1.82) is 0 Å². The molecule has 8 heteroatoms. The van der Waals surface area contributed by atoms with Crippen LogP contribution in [0.4, 0.5) is 10.1 Å². The number of fused-ring (bicyclic) bond motifs is 1. The zero-order chi connectivity index (χ0) is 19.7. The van der Waals surface area contributed by atoms with E-state index in [0.717, 1.165) is 35.3 Å². The number of rotatable bonds is 4. The lowest BCUT2D eigenvalue weighted by molar-refractivity contribution is -0.387. The Bertz CT molecular complexity index is 1070. The van der Waals surface area contributed by atoms with E-state index < -0.39 is 16.4 Å². The Balaban J connectivity index is 1.43. The molecule has 1 aromatic heterocycles. The Hall–Kier alpha value is -3.42. The predicted molar refractivity (Wildman–Crippen MR) is 100 cm³/mol. The summed E-state index contributed by atoms with van der Waals surface area (Å²) in [5.74, 6) is -0.376. The standard InChI is InChI=1S/C20H17FN4O3/c21-16-10-14(5-6-18(16)25(27)28)20(26)24-8-7-13(12-24)9-19-22-11-15-3-1-2-4-17(15)23-19/h1-6,10-11,13H,7-9,12H2/t13-/m0/s1. The number of aromatic nitrogens is 2. The summed E-state index contributed by atoms with van der Waals surface area (Å²) in [6, 6.07) is 11.0. The summed E-state index contributed by atoms with van der Waals surface area (Å²) >= 11 is 0. The van der Waals surface area contributed by atoms with Crippen LogP contribution < -0.4 is 0 Å². The van der Waals surface area contributed by atoms with Crippen LogP contribution in [0.3, 0.4) is 0 Å². The van der Waals surface area contributed by atoms with Crippen molar-refractivity contribution in [3.05, 3.63) is 76.0 Å². The van der Waals surface area contributed by atoms with Gasteiger partial charge < -0.3 is 4.90 Å². The van der Waals surface area contributed by atoms with Crippen LogP contribution in [0.2, 0.25) is 0 Å². The summed E-state index contributed by atoms with van der Waals surface area (Å²) in [6.07, 6.45) is 3.26. The molecule has 1 saturated heterocycles. The lowest BCUT2D eigenvalue weighted by Crippen LogP contribution is -2.29. The topological polar surface area (TPSA) is 89.2 Å². The molecule has 1 amide bonds. The van der Waals surface area contributed by atoms with Crippen LogP contribution in [0.25, 0.3) is 10.9 Å². The predicted octanol–water partition coefficient (Wildman–Crippen LogP) is 3.38. The van der Waals surface area contributed by atoms with E-state index in [-0.39, 0.29) is 17.4 Å². The summed E-state index contributed by atoms with van der Waals surface area (Å²) < 4.78 is 13.8. The fourth-order valence-electron chi connectivity index (χ4n) is 3.52. The molecule has 0 N–H and O–H groups in total. The zero-order valence-electron chi connectivity index (χ0n) is 14.9. The summed E-state index contributed by atoms with van der Waals surface area (Å²) in [6.45, 7) is 1.07. The van der Waals surface area contributed by atoms with E-state index in [9.17, 15) is 19.3 Å². The van der Waals surface area contributed by atoms with Gasteiger partial charge in [0.25, 0.3) is 5.91 Å². The summed E-state index contributed by atoms with van der Waals surface area (Å²) in [4.78, 5) is 33.2. The molecule has 1 aliphatic rings. The minimum atomic E-state index is -1.00. The quantitative estimate of drug-likeness (QED) is 0.511. The maximum Gasteiger partial charge on any atom is 0.304 e. The van der Waals surface area contributed by atoms with Crippen molar-refractivity contribution in [1.82, 2.24) is 14.9 Å². The molecule has 142 valence electrons. The number of amides is 1. The van der Waals surface area contributed by atoms with E-state index in [0.29, 0.717) is 19.5 Å². The second kappa shape index (κ2) is 7.30. The van der Waals surface area contributed by atoms with E-state index in [2.05, 4.69) is 9.97 Å². The lowest BCUT2D eigenvalue weighted by Gasteiger charge is -2.16. The molecule has 0 saturated carbocycles. The lowest BCUT2D eigenvalue weighted by atomic mass is 10.0. The van der Waals surface area contributed by atoms with Gasteiger partial charge in [-0.2, -0.15) is 4.39 Å². The van der Waals surface area contributed by atoms with Gasteiger partial charge in [-0.15, -0.1) is 0 Å². The molecule has 0 radical (unpaired) electrons. The van der Waals surface area contributed by atoms with E-state index in [4.69, 9.17) is 0 Å². The molecule has 28 heavy (non-hydrogen) atoms. The molecule has 0 bridgehead atoms. The van der Waals surface area contributed by atoms with E-state index in [1.807, 2.05) is 24.3 Å². The van der Waals surface area contributed by atoms with Gasteiger partial charge in [-0.25, -0.2) is 9.97 Å². The zero-order valence-corrected chi connectivity index (χ0v) is 14.9. The monoisotopic (exact) mass is 380 g/mol. The van der Waals surface area contributed by atoms with Crippen LogP contribution in [-0.4, -0.2) is 38.8 Å². The fraction of sp³-hybridized carbons (Fsp3) is 0.250. The first-order valence-corrected chi connectivity index (χ1v) is 8.95. The number of benzene rings is 2. The molecule has 1 aliphatic heterocycles. The number of para-hydroxylation sites is 1. The van der Waals surface area contributed by atoms with Crippen molar-refractivity contribution >= 4 is 22.5 Å². The number of likely N-dealkylation sites (tertiary alicyclic amines) is 1. The Morgan fingerprint density at radius 1 is 1.29 bits per heavy atom. The van der Waals surface area contributed by atoms with Crippen molar-refractivity contribution in [3.63, 3.8) is 0 Å². The maximum absolute atomic E-state index is 13.8. The third kappa shape index (κ3) is 3.53. The number of carbonyl (C=O) groups is 1. The van der Waals surface area contributed by atoms with Crippen LogP contribution in [0.15, 0.2) is 48.7 Å². The molecule has 1 atom stereocenters. The number of nitro groups is 1. The molecular weight excluding hydrogens is 363 g/mol. The number of nitro benzene ring substituents is 1. The molecule has 0 unspecified atom stereocenters. The van der Waals surface area contributed by atoms with Gasteiger partial charge in [0.1, 0.15) is 5.82 Å². The van der Waals surface area contributed by atoms with Crippen molar-refractivity contribution in [2.75, 3.05) is 13.1 Å². The molecule has 0 spiro atoms. The SMILES string of the molecule is O=C(c1ccc([N+](=O)[O-])c(F)c1)N1CC[C@@H](Cc2ncc3ccccc3n2)C1. The van der Waals surface area contributed by atoms with Crippen molar-refractivity contribution < 1.29 is 14.1 Å². The molecule has 3 aromatic rings. The minimum absolute atomic E-state index is 0.116. The minimum Gasteiger partial charge on any atom is -0.338 e. The highest BCUT2D eigenvalue weighted by Crippen LogP contribution is 2.24. The van der Waals surface area contributed by atoms with Gasteiger partial charge >= 0.3 is 5.69 Å². The van der Waals surface area contributed by atoms with Crippen molar-refractivity contribution in [2.24, 2.45) is 5.92 Å². The van der Waals surface area contributed by atoms with Crippen LogP contribution in [0.5, 0.6) is 0 Å². The average Bonchev–Trinajstić information content (AvgIpc) is 3.15. The first kappa shape index (κ1) is 18.0. The van der Waals surface area contributed by atoms with Gasteiger partial charge in [0, 0.05) is 42.7 Å². The van der Waals surface area contributed by atoms with Gasteiger partial charge in [0.15, 0.2) is 0 Å². The second-order valence-corrected chi connectivity index (χ2v) is 6.88. The van der Waals surface area contributed by atoms with E-state index in [1.54, 1.807) is 11.1 Å². The molecular formula is C20H17FN4O3. The number of hydrogen-bond acceptors (Lipinski definition) is 5. The Kier molecular flexibility index (Phi) is 4.68. The molecule has 2 aromatic carbocycles. The normalized spacial score (nSPS) is 16.5. The van der Waals surface area contributed by atoms with Gasteiger partial charge in [-0.3, -0.25) is 14.9 Å². The summed E-state index contributed by atoms with van der Waals surface area (Å²) in [5, 5.41) is 11.7. The third-order valence-electron chi connectivity index (χ3n) is 4.97. The number of nitrogens with zero attached hydrogens (tertiary/aromatic N) is 4. The largest absolute Gasteiger partial charge is 0.338 e. The van der Waals surface area contributed by atoms with Crippen LogP contribution in [0, 0.1) is 21.8 Å². The van der Waals surface area contributed by atoms with Gasteiger partial charge in [-0.05, 0) is 30.5 Å². The highest BCUT2D eigenvalue weighted by atomic mass is 19.1. The average molecular weight is 380 g/mol. The number of hydrogen-bond donors (Lipinski definition) is 0. The maximum atomic E-state index is 13.8. The van der Waals surface area contributed by atoms with Crippen molar-refractivity contribution in [3.8, 4) is 0 Å². The molecule has 2 heterocycles. The Morgan fingerprint density at radius 3 is 2.89 bits per heavy atom. The second-order valence-electron chi connectivity index (χ2n) is 6.88. The first-order chi connectivity index (χ1) is 13.5. The summed E-state index contributed by atoms with van der Waals surface area (Å²) in [7, 11) is 0. The molecule has 7 nitrogen and oxygen atoms in total. The van der Waals surface area contributed by atoms with E-state index >= 15 is 0 Å². The van der Waals surface area contributed by atoms with Crippen molar-refractivity contribution in [2.45, 2.75) is 12.8 Å². The number of carbonyl (C=O) groups excluding carboxylic acids is 1. The summed E-state index contributed by atoms with van der Waals surface area (Å²) in [5.41, 5.74) is 0.370. The third-order valence-corrected chi connectivity index (χ3v) is 4.97. The van der Waals surface area contributed by atoms with E-state index in [1.165, 1.54) is 6.07 Å². The highest BCUT2D eigenvalue weighted by Gasteiger charge is 2.28. The fourth-order valence-corrected chi connectivity index (χ4v) is 3.52. The van der Waals surface area contributed by atoms with Gasteiger partial charge in [-0.1, -0.05) is 18.2 Å². The van der Waals surface area contributed by atoms with Gasteiger partial charge in [0.05, 0.1) is 10.4 Å². The molecule has 4 rings (SSSR count). The molecule has 1 fully saturated rings. The highest BCUT2D eigenvalue weighted by molar-refractivity contribution is 5.94. The van der Waals surface area contributed by atoms with Crippen LogP contribution in [0.1, 0.15) is 22.6 Å².